The van der Waals surface area contributed by atoms with Crippen LogP contribution in [-0.2, 0) is 4.79 Å². The van der Waals surface area contributed by atoms with E-state index in [1.54, 1.807) is 11.0 Å². The van der Waals surface area contributed by atoms with Crippen LogP contribution in [0.2, 0.25) is 0 Å². The van der Waals surface area contributed by atoms with Gasteiger partial charge >= 0.3 is 0 Å². The maximum Gasteiger partial charge on any atom is 0.247 e. The van der Waals surface area contributed by atoms with Crippen molar-refractivity contribution in [2.45, 2.75) is 45.7 Å². The molecule has 0 N–H and O–H groups in total. The highest BCUT2D eigenvalue weighted by molar-refractivity contribution is 5.80. The number of hydrogen-bond acceptors (Lipinski definition) is 4. The zero-order valence-electron chi connectivity index (χ0n) is 13.3. The lowest BCUT2D eigenvalue weighted by atomic mass is 10.0. The number of piperidine rings is 1. The molecule has 2 aromatic rings. The number of hydrogen-bond donors (Lipinski definition) is 0. The molecule has 0 aliphatic carbocycles. The van der Waals surface area contributed by atoms with Gasteiger partial charge in [0.1, 0.15) is 18.7 Å². The van der Waals surface area contributed by atoms with Crippen molar-refractivity contribution in [3.8, 4) is 0 Å². The van der Waals surface area contributed by atoms with E-state index in [-0.39, 0.29) is 18.0 Å². The molecule has 2 atom stereocenters. The molecule has 1 aliphatic heterocycles. The molecule has 2 aromatic heterocycles. The molecule has 1 amide bonds. The van der Waals surface area contributed by atoms with Gasteiger partial charge in [-0.15, -0.1) is 0 Å². The Labute approximate surface area is 129 Å². The van der Waals surface area contributed by atoms with Crippen LogP contribution in [0.15, 0.2) is 18.7 Å². The van der Waals surface area contributed by atoms with Crippen molar-refractivity contribution >= 4 is 5.91 Å². The minimum absolute atomic E-state index is 0.0942. The molecule has 118 valence electrons. The van der Waals surface area contributed by atoms with Crippen LogP contribution < -0.4 is 0 Å². The Bertz CT molecular complexity index is 647. The molecule has 0 bridgehead atoms. The maximum absolute atomic E-state index is 12.7. The number of carbonyl (C=O) groups excluding carboxylic acids is 1. The average Bonchev–Trinajstić information content (AvgIpc) is 3.15. The molecular formula is C15H22N6O. The molecule has 22 heavy (non-hydrogen) atoms. The van der Waals surface area contributed by atoms with E-state index in [1.807, 2.05) is 18.7 Å². The fourth-order valence-corrected chi connectivity index (χ4v) is 3.17. The number of rotatable bonds is 3. The molecule has 1 aliphatic rings. The van der Waals surface area contributed by atoms with E-state index in [0.717, 1.165) is 30.8 Å². The summed E-state index contributed by atoms with van der Waals surface area (Å²) in [6, 6.07) is 2.02. The summed E-state index contributed by atoms with van der Waals surface area (Å²) in [6.45, 7) is 7.44. The first-order valence-corrected chi connectivity index (χ1v) is 7.72. The van der Waals surface area contributed by atoms with Gasteiger partial charge in [0.25, 0.3) is 0 Å². The van der Waals surface area contributed by atoms with Gasteiger partial charge in [0, 0.05) is 18.8 Å². The van der Waals surface area contributed by atoms with Crippen molar-refractivity contribution in [1.82, 2.24) is 29.4 Å². The molecule has 1 fully saturated rings. The Morgan fingerprint density at radius 1 is 1.41 bits per heavy atom. The summed E-state index contributed by atoms with van der Waals surface area (Å²) in [5.74, 6) is 0.0942. The largest absolute Gasteiger partial charge is 0.339 e. The van der Waals surface area contributed by atoms with Crippen LogP contribution >= 0.6 is 0 Å². The maximum atomic E-state index is 12.7. The third-order valence-corrected chi connectivity index (χ3v) is 4.29. The van der Waals surface area contributed by atoms with Crippen molar-refractivity contribution in [3.63, 3.8) is 0 Å². The second kappa shape index (κ2) is 5.90. The fraction of sp³-hybridized carbons (Fsp3) is 0.600. The van der Waals surface area contributed by atoms with Gasteiger partial charge in [-0.3, -0.25) is 9.48 Å². The number of likely N-dealkylation sites (tertiary alicyclic amines) is 1. The molecule has 7 heteroatoms. The van der Waals surface area contributed by atoms with E-state index in [0.29, 0.717) is 6.54 Å². The van der Waals surface area contributed by atoms with Crippen LogP contribution in [0.3, 0.4) is 0 Å². The third kappa shape index (κ3) is 2.75. The van der Waals surface area contributed by atoms with Crippen molar-refractivity contribution in [2.75, 3.05) is 13.1 Å². The first-order chi connectivity index (χ1) is 10.6. The number of aromatic nitrogens is 5. The smallest absolute Gasteiger partial charge is 0.247 e. The zero-order valence-corrected chi connectivity index (χ0v) is 13.3. The lowest BCUT2D eigenvalue weighted by molar-refractivity contribution is -0.136. The monoisotopic (exact) mass is 302 g/mol. The van der Waals surface area contributed by atoms with Crippen LogP contribution in [0.25, 0.3) is 0 Å². The van der Waals surface area contributed by atoms with Crippen LogP contribution in [0.5, 0.6) is 0 Å². The van der Waals surface area contributed by atoms with E-state index in [1.165, 1.54) is 6.33 Å². The standard InChI is InChI=1S/C15H22N6O/c1-11-7-12(2)21(18-11)14-5-4-6-19(8-14)15(22)13(3)20-10-16-9-17-20/h7,9-10,13-14H,4-6,8H2,1-3H3/t13-,14-/m0/s1. The van der Waals surface area contributed by atoms with Gasteiger partial charge in [-0.1, -0.05) is 0 Å². The van der Waals surface area contributed by atoms with Gasteiger partial charge in [-0.2, -0.15) is 10.2 Å². The minimum Gasteiger partial charge on any atom is -0.339 e. The summed E-state index contributed by atoms with van der Waals surface area (Å²) in [5.41, 5.74) is 2.18. The molecule has 1 saturated heterocycles. The topological polar surface area (TPSA) is 68.8 Å². The molecule has 0 saturated carbocycles. The second-order valence-electron chi connectivity index (χ2n) is 6.00. The number of carbonyl (C=O) groups is 1. The van der Waals surface area contributed by atoms with E-state index >= 15 is 0 Å². The van der Waals surface area contributed by atoms with Crippen molar-refractivity contribution in [3.05, 3.63) is 30.1 Å². The molecule has 7 nitrogen and oxygen atoms in total. The summed E-state index contributed by atoms with van der Waals surface area (Å²) < 4.78 is 3.67. The molecular weight excluding hydrogens is 280 g/mol. The van der Waals surface area contributed by atoms with Crippen molar-refractivity contribution in [2.24, 2.45) is 0 Å². The number of amides is 1. The van der Waals surface area contributed by atoms with Gasteiger partial charge in [0.2, 0.25) is 5.91 Å². The van der Waals surface area contributed by atoms with Crippen LogP contribution in [0, 0.1) is 13.8 Å². The molecule has 3 heterocycles. The second-order valence-corrected chi connectivity index (χ2v) is 6.00. The minimum atomic E-state index is -0.318. The van der Waals surface area contributed by atoms with Gasteiger partial charge in [-0.05, 0) is 39.7 Å². The third-order valence-electron chi connectivity index (χ3n) is 4.29. The Hall–Kier alpha value is -2.18. The Morgan fingerprint density at radius 2 is 2.23 bits per heavy atom. The highest BCUT2D eigenvalue weighted by Crippen LogP contribution is 2.24. The summed E-state index contributed by atoms with van der Waals surface area (Å²) >= 11 is 0. The summed E-state index contributed by atoms with van der Waals surface area (Å²) in [4.78, 5) is 18.5. The van der Waals surface area contributed by atoms with Gasteiger partial charge in [0.15, 0.2) is 0 Å². The van der Waals surface area contributed by atoms with Crippen LogP contribution in [-0.4, -0.2) is 48.4 Å². The number of nitrogens with zero attached hydrogens (tertiary/aromatic N) is 6. The predicted molar refractivity (Wildman–Crippen MR) is 81.3 cm³/mol. The highest BCUT2D eigenvalue weighted by atomic mass is 16.2. The summed E-state index contributed by atoms with van der Waals surface area (Å²) in [6.07, 6.45) is 5.10. The first kappa shape index (κ1) is 14.7. The Kier molecular flexibility index (Phi) is 3.96. The van der Waals surface area contributed by atoms with Crippen LogP contribution in [0.4, 0.5) is 0 Å². The zero-order chi connectivity index (χ0) is 15.7. The van der Waals surface area contributed by atoms with Crippen LogP contribution in [0.1, 0.15) is 43.2 Å². The molecule has 0 spiro atoms. The van der Waals surface area contributed by atoms with E-state index < -0.39 is 0 Å². The van der Waals surface area contributed by atoms with Gasteiger partial charge < -0.3 is 4.90 Å². The Morgan fingerprint density at radius 3 is 2.86 bits per heavy atom. The molecule has 3 rings (SSSR count). The lowest BCUT2D eigenvalue weighted by Gasteiger charge is -2.34. The number of aryl methyl sites for hydroxylation is 2. The lowest BCUT2D eigenvalue weighted by Crippen LogP contribution is -2.44. The molecule has 0 aromatic carbocycles. The van der Waals surface area contributed by atoms with E-state index in [4.69, 9.17) is 0 Å². The van der Waals surface area contributed by atoms with Crippen molar-refractivity contribution in [1.29, 1.82) is 0 Å². The predicted octanol–water partition coefficient (Wildman–Crippen LogP) is 1.52. The van der Waals surface area contributed by atoms with E-state index in [9.17, 15) is 4.79 Å². The quantitative estimate of drug-likeness (QED) is 0.862. The summed E-state index contributed by atoms with van der Waals surface area (Å²) in [7, 11) is 0. The SMILES string of the molecule is Cc1cc(C)n([C@H]2CCCN(C(=O)[C@H](C)n3cncn3)C2)n1. The highest BCUT2D eigenvalue weighted by Gasteiger charge is 2.29. The van der Waals surface area contributed by atoms with E-state index in [2.05, 4.69) is 32.9 Å². The molecule has 0 unspecified atom stereocenters. The summed E-state index contributed by atoms with van der Waals surface area (Å²) in [5, 5.41) is 8.64. The first-order valence-electron chi connectivity index (χ1n) is 7.72. The molecule has 0 radical (unpaired) electrons. The fourth-order valence-electron chi connectivity index (χ4n) is 3.17. The average molecular weight is 302 g/mol. The normalized spacial score (nSPS) is 20.1. The Balaban J connectivity index is 1.73. The van der Waals surface area contributed by atoms with Crippen molar-refractivity contribution < 1.29 is 4.79 Å². The van der Waals surface area contributed by atoms with Gasteiger partial charge in [-0.25, -0.2) is 9.67 Å². The van der Waals surface area contributed by atoms with Gasteiger partial charge in [0.05, 0.1) is 11.7 Å².